The Hall–Kier alpha value is -0.650. The van der Waals surface area contributed by atoms with Crippen LogP contribution < -0.4 is 15.5 Å². The minimum absolute atomic E-state index is 0.215. The van der Waals surface area contributed by atoms with Gasteiger partial charge in [0.05, 0.1) is 26.7 Å². The fourth-order valence-electron chi connectivity index (χ4n) is 1.73. The lowest BCUT2D eigenvalue weighted by molar-refractivity contribution is -0.858. The summed E-state index contributed by atoms with van der Waals surface area (Å²) >= 11 is 8.74. The van der Waals surface area contributed by atoms with Gasteiger partial charge in [-0.25, -0.2) is 0 Å². The van der Waals surface area contributed by atoms with Gasteiger partial charge in [-0.2, -0.15) is 0 Å². The molecule has 106 valence electrons. The molecule has 1 aromatic rings. The van der Waals surface area contributed by atoms with Gasteiger partial charge in [0.25, 0.3) is 0 Å². The maximum Gasteiger partial charge on any atom is 0.166 e. The van der Waals surface area contributed by atoms with E-state index in [4.69, 9.17) is 12.2 Å². The molecule has 19 heavy (non-hydrogen) atoms. The lowest BCUT2D eigenvalue weighted by Crippen LogP contribution is -3.05. The van der Waals surface area contributed by atoms with E-state index >= 15 is 0 Å². The fraction of sp³-hybridized carbons (Fsp3) is 0.500. The van der Waals surface area contributed by atoms with E-state index in [1.165, 1.54) is 10.5 Å². The van der Waals surface area contributed by atoms with Crippen LogP contribution in [0.3, 0.4) is 0 Å². The molecule has 0 spiro atoms. The number of halogens is 1. The minimum Gasteiger partial charge on any atom is -0.362 e. The van der Waals surface area contributed by atoms with Crippen LogP contribution in [0.2, 0.25) is 0 Å². The molecule has 0 aliphatic heterocycles. The van der Waals surface area contributed by atoms with Crippen molar-refractivity contribution in [2.45, 2.75) is 19.4 Å². The second-order valence-corrected chi connectivity index (χ2v) is 6.31. The van der Waals surface area contributed by atoms with Crippen LogP contribution in [0.5, 0.6) is 0 Å². The number of hydrogen-bond acceptors (Lipinski definition) is 1. The van der Waals surface area contributed by atoms with Gasteiger partial charge in [-0.3, -0.25) is 0 Å². The zero-order valence-corrected chi connectivity index (χ0v) is 14.2. The average Bonchev–Trinajstić information content (AvgIpc) is 2.35. The van der Waals surface area contributed by atoms with Crippen LogP contribution in [0, 0.1) is 0 Å². The third kappa shape index (κ3) is 6.89. The quantitative estimate of drug-likeness (QED) is 0.539. The summed E-state index contributed by atoms with van der Waals surface area (Å²) in [4.78, 5) is 1.46. The lowest BCUT2D eigenvalue weighted by atomic mass is 10.1. The molecule has 0 radical (unpaired) electrons. The van der Waals surface area contributed by atoms with Crippen molar-refractivity contribution in [3.05, 3.63) is 34.3 Å². The SMILES string of the molecule is C[C@@H](NC(=S)NCCC[NH+](C)C)c1ccc(Br)cc1. The zero-order valence-electron chi connectivity index (χ0n) is 11.8. The Morgan fingerprint density at radius 2 is 1.95 bits per heavy atom. The predicted molar refractivity (Wildman–Crippen MR) is 88.6 cm³/mol. The molecular weight excluding hydrogens is 322 g/mol. The standard InChI is InChI=1S/C14H22BrN3S/c1-11(12-5-7-13(15)8-6-12)17-14(19)16-9-4-10-18(2)3/h5-8,11H,4,9-10H2,1-3H3,(H2,16,17,19)/p+1/t11-/m1/s1. The van der Waals surface area contributed by atoms with Gasteiger partial charge in [-0.1, -0.05) is 28.1 Å². The Bertz CT molecular complexity index is 392. The van der Waals surface area contributed by atoms with Crippen LogP contribution in [0.4, 0.5) is 0 Å². The van der Waals surface area contributed by atoms with E-state index in [9.17, 15) is 0 Å². The molecule has 0 aromatic heterocycles. The molecule has 0 bridgehead atoms. The molecule has 0 fully saturated rings. The van der Waals surface area contributed by atoms with Gasteiger partial charge in [0.15, 0.2) is 5.11 Å². The van der Waals surface area contributed by atoms with Gasteiger partial charge in [0, 0.05) is 17.4 Å². The molecular formula is C14H23BrN3S+. The van der Waals surface area contributed by atoms with Crippen LogP contribution in [0.25, 0.3) is 0 Å². The first-order valence-corrected chi connectivity index (χ1v) is 7.78. The van der Waals surface area contributed by atoms with E-state index in [1.54, 1.807) is 0 Å². The molecule has 5 heteroatoms. The van der Waals surface area contributed by atoms with Crippen molar-refractivity contribution in [2.24, 2.45) is 0 Å². The topological polar surface area (TPSA) is 28.5 Å². The maximum absolute atomic E-state index is 5.30. The maximum atomic E-state index is 5.30. The van der Waals surface area contributed by atoms with Crippen LogP contribution >= 0.6 is 28.1 Å². The smallest absolute Gasteiger partial charge is 0.166 e. The average molecular weight is 345 g/mol. The van der Waals surface area contributed by atoms with Gasteiger partial charge < -0.3 is 15.5 Å². The molecule has 3 nitrogen and oxygen atoms in total. The van der Waals surface area contributed by atoms with Gasteiger partial charge in [-0.05, 0) is 36.8 Å². The minimum atomic E-state index is 0.215. The monoisotopic (exact) mass is 344 g/mol. The van der Waals surface area contributed by atoms with Gasteiger partial charge >= 0.3 is 0 Å². The normalized spacial score (nSPS) is 12.3. The Kier molecular flexibility index (Phi) is 7.34. The summed E-state index contributed by atoms with van der Waals surface area (Å²) in [6.07, 6.45) is 1.12. The Morgan fingerprint density at radius 1 is 1.32 bits per heavy atom. The molecule has 0 heterocycles. The van der Waals surface area contributed by atoms with Crippen LogP contribution in [-0.2, 0) is 0 Å². The highest BCUT2D eigenvalue weighted by Gasteiger charge is 2.06. The number of hydrogen-bond donors (Lipinski definition) is 3. The zero-order chi connectivity index (χ0) is 14.3. The number of nitrogens with one attached hydrogen (secondary N) is 3. The third-order valence-corrected chi connectivity index (χ3v) is 3.65. The van der Waals surface area contributed by atoms with E-state index in [1.807, 2.05) is 12.1 Å². The Balaban J connectivity index is 2.29. The summed E-state index contributed by atoms with van der Waals surface area (Å²) in [5, 5.41) is 7.28. The van der Waals surface area contributed by atoms with E-state index < -0.39 is 0 Å². The highest BCUT2D eigenvalue weighted by Crippen LogP contribution is 2.16. The van der Waals surface area contributed by atoms with Crippen LogP contribution in [-0.4, -0.2) is 32.3 Å². The van der Waals surface area contributed by atoms with Crippen molar-refractivity contribution in [3.63, 3.8) is 0 Å². The fourth-order valence-corrected chi connectivity index (χ4v) is 2.27. The van der Waals surface area contributed by atoms with Crippen LogP contribution in [0.15, 0.2) is 28.7 Å². The molecule has 0 saturated carbocycles. The van der Waals surface area contributed by atoms with Crippen molar-refractivity contribution in [1.29, 1.82) is 0 Å². The third-order valence-electron chi connectivity index (χ3n) is 2.86. The number of rotatable bonds is 6. The molecule has 0 aliphatic rings. The molecule has 1 aromatic carbocycles. The van der Waals surface area contributed by atoms with Crippen molar-refractivity contribution in [1.82, 2.24) is 10.6 Å². The number of benzene rings is 1. The summed E-state index contributed by atoms with van der Waals surface area (Å²) in [5.41, 5.74) is 1.23. The van der Waals surface area contributed by atoms with E-state index in [2.05, 4.69) is 59.7 Å². The second-order valence-electron chi connectivity index (χ2n) is 4.98. The van der Waals surface area contributed by atoms with Crippen molar-refractivity contribution in [2.75, 3.05) is 27.2 Å². The molecule has 1 atom stereocenters. The molecule has 0 amide bonds. The molecule has 1 rings (SSSR count). The predicted octanol–water partition coefficient (Wildman–Crippen LogP) is 1.51. The molecule has 3 N–H and O–H groups in total. The van der Waals surface area contributed by atoms with Gasteiger partial charge in [-0.15, -0.1) is 0 Å². The number of quaternary nitrogens is 1. The largest absolute Gasteiger partial charge is 0.362 e. The Morgan fingerprint density at radius 3 is 2.53 bits per heavy atom. The Labute approximate surface area is 129 Å². The van der Waals surface area contributed by atoms with Crippen molar-refractivity contribution in [3.8, 4) is 0 Å². The van der Waals surface area contributed by atoms with Crippen molar-refractivity contribution >= 4 is 33.3 Å². The number of thiocarbonyl (C=S) groups is 1. The second kappa shape index (κ2) is 8.51. The van der Waals surface area contributed by atoms with E-state index in [0.29, 0.717) is 0 Å². The first-order valence-electron chi connectivity index (χ1n) is 6.58. The first kappa shape index (κ1) is 16.4. The lowest BCUT2D eigenvalue weighted by Gasteiger charge is -2.17. The van der Waals surface area contributed by atoms with Gasteiger partial charge in [0.1, 0.15) is 0 Å². The van der Waals surface area contributed by atoms with E-state index in [0.717, 1.165) is 29.1 Å². The first-order chi connectivity index (χ1) is 8.99. The summed E-state index contributed by atoms with van der Waals surface area (Å²) in [6, 6.07) is 8.50. The summed E-state index contributed by atoms with van der Waals surface area (Å²) < 4.78 is 1.09. The summed E-state index contributed by atoms with van der Waals surface area (Å²) in [6.45, 7) is 4.18. The van der Waals surface area contributed by atoms with Gasteiger partial charge in [0.2, 0.25) is 0 Å². The highest BCUT2D eigenvalue weighted by molar-refractivity contribution is 9.10. The molecule has 0 saturated heterocycles. The molecule has 0 aliphatic carbocycles. The summed E-state index contributed by atoms with van der Waals surface area (Å²) in [5.74, 6) is 0. The van der Waals surface area contributed by atoms with Crippen LogP contribution in [0.1, 0.15) is 24.9 Å². The molecule has 0 unspecified atom stereocenters. The van der Waals surface area contributed by atoms with Crippen molar-refractivity contribution < 1.29 is 4.90 Å². The van der Waals surface area contributed by atoms with E-state index in [-0.39, 0.29) is 6.04 Å². The highest BCUT2D eigenvalue weighted by atomic mass is 79.9. The summed E-state index contributed by atoms with van der Waals surface area (Å²) in [7, 11) is 4.32.